The number of nitrogens with zero attached hydrogens (tertiary/aromatic N) is 3. The molecule has 0 unspecified atom stereocenters. The van der Waals surface area contributed by atoms with Crippen molar-refractivity contribution in [1.82, 2.24) is 20.3 Å². The molecular weight excluding hydrogens is 445 g/mol. The fraction of sp³-hybridized carbons (Fsp3) is 0.217. The van der Waals surface area contributed by atoms with E-state index >= 15 is 0 Å². The van der Waals surface area contributed by atoms with Gasteiger partial charge in [-0.2, -0.15) is 0 Å². The summed E-state index contributed by atoms with van der Waals surface area (Å²) in [5, 5.41) is 9.78. The lowest BCUT2D eigenvalue weighted by Gasteiger charge is -2.18. The number of nitrogens with one attached hydrogen (secondary N) is 2. The number of rotatable bonds is 8. The number of aromatic nitrogens is 3. The van der Waals surface area contributed by atoms with Crippen molar-refractivity contribution in [3.8, 4) is 10.6 Å². The van der Waals surface area contributed by atoms with E-state index < -0.39 is 6.04 Å². The molecule has 9 heteroatoms. The fourth-order valence-corrected chi connectivity index (χ4v) is 4.70. The highest BCUT2D eigenvalue weighted by Gasteiger charge is 2.21. The van der Waals surface area contributed by atoms with Crippen molar-refractivity contribution >= 4 is 33.6 Å². The molecule has 3 aromatic heterocycles. The number of halogens is 1. The first kappa shape index (κ1) is 22.2. The zero-order valence-corrected chi connectivity index (χ0v) is 19.3. The monoisotopic (exact) mass is 467 g/mol. The molecule has 1 aromatic carbocycles. The van der Waals surface area contributed by atoms with Gasteiger partial charge in [0.1, 0.15) is 15.8 Å². The van der Waals surface area contributed by atoms with Crippen LogP contribution in [0.3, 0.4) is 0 Å². The van der Waals surface area contributed by atoms with Crippen LogP contribution in [0.1, 0.15) is 22.6 Å². The zero-order valence-electron chi connectivity index (χ0n) is 17.6. The van der Waals surface area contributed by atoms with E-state index in [1.165, 1.54) is 34.8 Å². The molecule has 0 saturated heterocycles. The highest BCUT2D eigenvalue weighted by atomic mass is 32.1. The second kappa shape index (κ2) is 10.1. The molecule has 0 aliphatic carbocycles. The van der Waals surface area contributed by atoms with Crippen molar-refractivity contribution in [3.63, 3.8) is 0 Å². The first-order valence-corrected chi connectivity index (χ1v) is 11.8. The third-order valence-corrected chi connectivity index (χ3v) is 6.62. The van der Waals surface area contributed by atoms with Crippen LogP contribution in [-0.2, 0) is 17.8 Å². The normalized spacial score (nSPS) is 12.0. The Balaban J connectivity index is 1.51. The van der Waals surface area contributed by atoms with Crippen LogP contribution in [-0.4, -0.2) is 26.9 Å². The third-order valence-electron chi connectivity index (χ3n) is 4.86. The number of amides is 1. The molecule has 0 aliphatic rings. The molecule has 32 heavy (non-hydrogen) atoms. The number of carbonyl (C=O) groups excluding carboxylic acids is 1. The van der Waals surface area contributed by atoms with E-state index in [1.54, 1.807) is 23.8 Å². The van der Waals surface area contributed by atoms with Crippen molar-refractivity contribution in [2.24, 2.45) is 0 Å². The minimum Gasteiger partial charge on any atom is -0.315 e. The van der Waals surface area contributed by atoms with Gasteiger partial charge in [0.2, 0.25) is 5.91 Å². The molecule has 0 aliphatic heterocycles. The molecule has 1 amide bonds. The van der Waals surface area contributed by atoms with Crippen LogP contribution in [0.5, 0.6) is 0 Å². The second-order valence-electron chi connectivity index (χ2n) is 7.35. The number of hydrogen-bond donors (Lipinski definition) is 2. The summed E-state index contributed by atoms with van der Waals surface area (Å²) >= 11 is 2.94. The van der Waals surface area contributed by atoms with Crippen LogP contribution in [0.15, 0.2) is 53.5 Å². The number of benzene rings is 1. The standard InChI is InChI=1S/C23H22FN5OS2/c1-14-9-17(7-8-25-14)23-28-15(2)22(32-23)29-21(30)20(26-11-19-12-31-13-27-19)10-16-3-5-18(24)6-4-16/h3-9,12-13,20,26H,10-11H2,1-2H3,(H,29,30)/t20-/m0/s1. The van der Waals surface area contributed by atoms with Gasteiger partial charge in [-0.3, -0.25) is 15.1 Å². The lowest BCUT2D eigenvalue weighted by Crippen LogP contribution is -2.41. The van der Waals surface area contributed by atoms with Crippen molar-refractivity contribution < 1.29 is 9.18 Å². The van der Waals surface area contributed by atoms with Gasteiger partial charge in [-0.05, 0) is 50.1 Å². The van der Waals surface area contributed by atoms with Crippen molar-refractivity contribution in [2.75, 3.05) is 5.32 Å². The molecular formula is C23H22FN5OS2. The van der Waals surface area contributed by atoms with Crippen LogP contribution in [0.25, 0.3) is 10.6 Å². The largest absolute Gasteiger partial charge is 0.315 e. The zero-order chi connectivity index (χ0) is 22.5. The molecule has 0 radical (unpaired) electrons. The summed E-state index contributed by atoms with van der Waals surface area (Å²) in [5.41, 5.74) is 6.13. The fourth-order valence-electron chi connectivity index (χ4n) is 3.18. The average molecular weight is 468 g/mol. The number of aryl methyl sites for hydroxylation is 2. The quantitative estimate of drug-likeness (QED) is 0.391. The average Bonchev–Trinajstić information content (AvgIpc) is 3.42. The molecule has 3 heterocycles. The summed E-state index contributed by atoms with van der Waals surface area (Å²) in [6.45, 7) is 4.27. The Morgan fingerprint density at radius 1 is 1.16 bits per heavy atom. The second-order valence-corrected chi connectivity index (χ2v) is 9.07. The van der Waals surface area contributed by atoms with E-state index in [0.29, 0.717) is 18.0 Å². The first-order valence-electron chi connectivity index (χ1n) is 10.0. The van der Waals surface area contributed by atoms with Crippen molar-refractivity contribution in [3.05, 3.63) is 81.9 Å². The van der Waals surface area contributed by atoms with E-state index in [4.69, 9.17) is 0 Å². The van der Waals surface area contributed by atoms with E-state index in [-0.39, 0.29) is 11.7 Å². The van der Waals surface area contributed by atoms with Gasteiger partial charge >= 0.3 is 0 Å². The molecule has 0 saturated carbocycles. The van der Waals surface area contributed by atoms with Gasteiger partial charge in [0.15, 0.2) is 0 Å². The van der Waals surface area contributed by atoms with Gasteiger partial charge in [-0.25, -0.2) is 14.4 Å². The summed E-state index contributed by atoms with van der Waals surface area (Å²) in [7, 11) is 0. The van der Waals surface area contributed by atoms with E-state index in [1.807, 2.05) is 31.4 Å². The van der Waals surface area contributed by atoms with Crippen LogP contribution < -0.4 is 10.6 Å². The van der Waals surface area contributed by atoms with Crippen LogP contribution in [0.4, 0.5) is 9.39 Å². The Hall–Kier alpha value is -3.01. The van der Waals surface area contributed by atoms with E-state index in [2.05, 4.69) is 25.6 Å². The number of anilines is 1. The van der Waals surface area contributed by atoms with Crippen LogP contribution in [0.2, 0.25) is 0 Å². The Kier molecular flexibility index (Phi) is 6.99. The van der Waals surface area contributed by atoms with Gasteiger partial charge in [-0.15, -0.1) is 11.3 Å². The maximum absolute atomic E-state index is 13.3. The van der Waals surface area contributed by atoms with Gasteiger partial charge < -0.3 is 5.32 Å². The summed E-state index contributed by atoms with van der Waals surface area (Å²) in [4.78, 5) is 26.3. The van der Waals surface area contributed by atoms with Gasteiger partial charge in [0.25, 0.3) is 0 Å². The number of carbonyl (C=O) groups is 1. The lowest BCUT2D eigenvalue weighted by atomic mass is 10.0. The molecule has 1 atom stereocenters. The molecule has 0 bridgehead atoms. The summed E-state index contributed by atoms with van der Waals surface area (Å²) in [6, 6.07) is 9.56. The highest BCUT2D eigenvalue weighted by Crippen LogP contribution is 2.32. The van der Waals surface area contributed by atoms with Crippen LogP contribution >= 0.6 is 22.7 Å². The molecule has 0 fully saturated rings. The van der Waals surface area contributed by atoms with Gasteiger partial charge in [0, 0.05) is 29.4 Å². The molecule has 4 aromatic rings. The lowest BCUT2D eigenvalue weighted by molar-refractivity contribution is -0.118. The van der Waals surface area contributed by atoms with Crippen LogP contribution in [0, 0.1) is 19.7 Å². The smallest absolute Gasteiger partial charge is 0.242 e. The topological polar surface area (TPSA) is 79.8 Å². The first-order chi connectivity index (χ1) is 15.5. The SMILES string of the molecule is Cc1cc(-c2nc(C)c(NC(=O)[C@H](Cc3ccc(F)cc3)NCc3cscn3)s2)ccn1. The predicted octanol–water partition coefficient (Wildman–Crippen LogP) is 4.76. The minimum atomic E-state index is -0.518. The van der Waals surface area contributed by atoms with Crippen molar-refractivity contribution in [1.29, 1.82) is 0 Å². The van der Waals surface area contributed by atoms with E-state index in [0.717, 1.165) is 33.2 Å². The minimum absolute atomic E-state index is 0.172. The number of pyridine rings is 1. The van der Waals surface area contributed by atoms with Gasteiger partial charge in [0.05, 0.1) is 22.9 Å². The molecule has 4 rings (SSSR count). The Morgan fingerprint density at radius 3 is 2.69 bits per heavy atom. The molecule has 164 valence electrons. The maximum atomic E-state index is 13.3. The number of hydrogen-bond acceptors (Lipinski definition) is 7. The summed E-state index contributed by atoms with van der Waals surface area (Å²) in [5.74, 6) is -0.474. The van der Waals surface area contributed by atoms with Crippen molar-refractivity contribution in [2.45, 2.75) is 32.9 Å². The van der Waals surface area contributed by atoms with Gasteiger partial charge in [-0.1, -0.05) is 23.5 Å². The number of thiazole rings is 2. The Labute approximate surface area is 193 Å². The molecule has 6 nitrogen and oxygen atoms in total. The maximum Gasteiger partial charge on any atom is 0.242 e. The molecule has 0 spiro atoms. The predicted molar refractivity (Wildman–Crippen MR) is 126 cm³/mol. The van der Waals surface area contributed by atoms with E-state index in [9.17, 15) is 9.18 Å². The Bertz CT molecular complexity index is 1190. The Morgan fingerprint density at radius 2 is 1.97 bits per heavy atom. The third kappa shape index (κ3) is 5.61. The highest BCUT2D eigenvalue weighted by molar-refractivity contribution is 7.19. The summed E-state index contributed by atoms with van der Waals surface area (Å²) in [6.07, 6.45) is 2.17. The molecule has 2 N–H and O–H groups in total. The summed E-state index contributed by atoms with van der Waals surface area (Å²) < 4.78 is 13.3.